The molecule has 136 valence electrons. The van der Waals surface area contributed by atoms with Crippen LogP contribution in [0.3, 0.4) is 0 Å². The van der Waals surface area contributed by atoms with E-state index in [9.17, 15) is 4.39 Å². The van der Waals surface area contributed by atoms with Crippen LogP contribution >= 0.6 is 0 Å². The van der Waals surface area contributed by atoms with Crippen LogP contribution in [0.25, 0.3) is 0 Å². The fourth-order valence-electron chi connectivity index (χ4n) is 2.05. The second kappa shape index (κ2) is 11.4. The van der Waals surface area contributed by atoms with Crippen LogP contribution in [0, 0.1) is 44.3 Å². The molecule has 2 atom stereocenters. The van der Waals surface area contributed by atoms with E-state index in [-0.39, 0.29) is 30.5 Å². The molecule has 0 saturated heterocycles. The molecule has 2 aromatic carbocycles. The number of methoxy groups -OCH3 is 1. The van der Waals surface area contributed by atoms with Gasteiger partial charge in [-0.3, -0.25) is 0 Å². The average molecular weight is 357 g/mol. The maximum absolute atomic E-state index is 13.5. The van der Waals surface area contributed by atoms with Crippen LogP contribution in [0.1, 0.15) is 23.7 Å². The molecule has 0 aliphatic heterocycles. The van der Waals surface area contributed by atoms with E-state index >= 15 is 0 Å². The van der Waals surface area contributed by atoms with Gasteiger partial charge in [-0.1, -0.05) is 36.3 Å². The normalized spacial score (nSPS) is 12.8. The molecule has 0 bridgehead atoms. The van der Waals surface area contributed by atoms with Gasteiger partial charge >= 0.3 is 18.9 Å². The standard InChI is InChI=1S/C22H21FNO2.Li/c1-5-16(2)17(3)24-26-21(19-9-7-6-8-10-19)14-12-18-11-13-20(23)22(15-18)25-4;/h6-11,13,15-16,21H,1-3,5H2,4H3;/q-3;+1/b24-17+;/t16-,21?;/m0./s1. The fraction of sp³-hybridized carbons (Fsp3) is 0.182. The Hall–Kier alpha value is -2.33. The smallest absolute Gasteiger partial charge is 0.494 e. The first-order chi connectivity index (χ1) is 12.5. The van der Waals surface area contributed by atoms with Crippen molar-refractivity contribution in [3.8, 4) is 17.6 Å². The number of oxime groups is 1. The summed E-state index contributed by atoms with van der Waals surface area (Å²) in [6.07, 6.45) is -0.0241. The summed E-state index contributed by atoms with van der Waals surface area (Å²) in [6, 6.07) is 13.9. The third kappa shape index (κ3) is 6.72. The molecule has 0 saturated carbocycles. The van der Waals surface area contributed by atoms with E-state index in [1.807, 2.05) is 30.3 Å². The molecular weight excluding hydrogens is 336 g/mol. The van der Waals surface area contributed by atoms with Crippen molar-refractivity contribution in [3.05, 3.63) is 86.2 Å². The summed E-state index contributed by atoms with van der Waals surface area (Å²) < 4.78 is 18.5. The Morgan fingerprint density at radius 3 is 2.56 bits per heavy atom. The van der Waals surface area contributed by atoms with Crippen LogP contribution in [0.2, 0.25) is 0 Å². The Morgan fingerprint density at radius 2 is 1.93 bits per heavy atom. The summed E-state index contributed by atoms with van der Waals surface area (Å²) in [7, 11) is 1.41. The van der Waals surface area contributed by atoms with Gasteiger partial charge in [0.1, 0.15) is 0 Å². The molecule has 0 heterocycles. The van der Waals surface area contributed by atoms with Crippen molar-refractivity contribution in [2.45, 2.75) is 12.5 Å². The van der Waals surface area contributed by atoms with Crippen LogP contribution in [-0.4, -0.2) is 12.8 Å². The second-order valence-corrected chi connectivity index (χ2v) is 5.58. The van der Waals surface area contributed by atoms with Gasteiger partial charge in [-0.2, -0.15) is 5.92 Å². The van der Waals surface area contributed by atoms with Crippen LogP contribution < -0.4 is 23.6 Å². The van der Waals surface area contributed by atoms with Crippen molar-refractivity contribution >= 4 is 5.71 Å². The van der Waals surface area contributed by atoms with Crippen molar-refractivity contribution in [1.82, 2.24) is 0 Å². The molecule has 0 spiro atoms. The first-order valence-electron chi connectivity index (χ1n) is 8.13. The zero-order valence-electron chi connectivity index (χ0n) is 15.7. The molecule has 0 fully saturated rings. The molecule has 5 heteroatoms. The third-order valence-corrected chi connectivity index (χ3v) is 3.70. The molecular formula is C22H21FLiNO2-2. The average Bonchev–Trinajstić information content (AvgIpc) is 2.68. The summed E-state index contributed by atoms with van der Waals surface area (Å²) in [6.45, 7) is 11.5. The molecule has 0 aromatic heterocycles. The maximum Gasteiger partial charge on any atom is 1.00 e. The maximum atomic E-state index is 13.5. The van der Waals surface area contributed by atoms with E-state index in [1.165, 1.54) is 19.2 Å². The van der Waals surface area contributed by atoms with Gasteiger partial charge in [-0.05, 0) is 24.1 Å². The van der Waals surface area contributed by atoms with Gasteiger partial charge in [-0.25, -0.2) is 10.8 Å². The van der Waals surface area contributed by atoms with E-state index in [1.54, 1.807) is 6.07 Å². The molecule has 0 aliphatic rings. The minimum atomic E-state index is -0.596. The summed E-state index contributed by atoms with van der Waals surface area (Å²) in [4.78, 5) is 5.59. The van der Waals surface area contributed by atoms with E-state index in [4.69, 9.17) is 9.57 Å². The molecule has 0 aliphatic carbocycles. The molecule has 0 N–H and O–H groups in total. The summed E-state index contributed by atoms with van der Waals surface area (Å²) in [5.41, 5.74) is 1.96. The third-order valence-electron chi connectivity index (χ3n) is 3.70. The molecule has 3 nitrogen and oxygen atoms in total. The molecule has 27 heavy (non-hydrogen) atoms. The summed E-state index contributed by atoms with van der Waals surface area (Å²) >= 11 is 0. The molecule has 1 unspecified atom stereocenters. The number of halogens is 1. The fourth-order valence-corrected chi connectivity index (χ4v) is 2.05. The Kier molecular flexibility index (Phi) is 9.58. The molecule has 0 radical (unpaired) electrons. The van der Waals surface area contributed by atoms with Crippen LogP contribution in [0.4, 0.5) is 4.39 Å². The van der Waals surface area contributed by atoms with Crippen LogP contribution in [-0.2, 0) is 4.84 Å². The van der Waals surface area contributed by atoms with E-state index in [0.29, 0.717) is 17.7 Å². The van der Waals surface area contributed by atoms with Crippen LogP contribution in [0.15, 0.2) is 53.7 Å². The largest absolute Gasteiger partial charge is 1.00 e. The Labute approximate surface area is 173 Å². The predicted octanol–water partition coefficient (Wildman–Crippen LogP) is 1.81. The zero-order chi connectivity index (χ0) is 18.9. The van der Waals surface area contributed by atoms with Crippen LogP contribution in [0.5, 0.6) is 5.75 Å². The number of nitrogens with zero attached hydrogens (tertiary/aromatic N) is 1. The van der Waals surface area contributed by atoms with E-state index in [2.05, 4.69) is 37.8 Å². The topological polar surface area (TPSA) is 30.8 Å². The van der Waals surface area contributed by atoms with E-state index < -0.39 is 11.9 Å². The van der Waals surface area contributed by atoms with Gasteiger partial charge in [0, 0.05) is 11.1 Å². The summed E-state index contributed by atoms with van der Waals surface area (Å²) in [5.74, 6) is 5.57. The van der Waals surface area contributed by atoms with Crippen molar-refractivity contribution in [3.63, 3.8) is 0 Å². The number of ether oxygens (including phenoxy) is 1. The minimum absolute atomic E-state index is 0. The SMILES string of the molecule is [CH2-]C[C@H]([CH2-])/C([CH2-])=N/OC(C#Cc1ccc(F)c(OC)c1)c1ccccc1.[Li+]. The number of rotatable bonds is 6. The van der Waals surface area contributed by atoms with E-state index in [0.717, 1.165) is 5.56 Å². The Bertz CT molecular complexity index is 812. The Balaban J connectivity index is 0.00000364. The second-order valence-electron chi connectivity index (χ2n) is 5.58. The molecule has 2 rings (SSSR count). The number of benzene rings is 2. The molecule has 0 amide bonds. The zero-order valence-corrected chi connectivity index (χ0v) is 15.7. The van der Waals surface area contributed by atoms with Gasteiger partial charge in [0.15, 0.2) is 11.6 Å². The van der Waals surface area contributed by atoms with Crippen molar-refractivity contribution in [2.24, 2.45) is 11.1 Å². The van der Waals surface area contributed by atoms with Crippen molar-refractivity contribution < 1.29 is 32.8 Å². The molecule has 2 aromatic rings. The minimum Gasteiger partial charge on any atom is -0.494 e. The van der Waals surface area contributed by atoms with Gasteiger partial charge < -0.3 is 30.3 Å². The van der Waals surface area contributed by atoms with Gasteiger partial charge in [0.2, 0.25) is 6.10 Å². The van der Waals surface area contributed by atoms with Crippen molar-refractivity contribution in [1.29, 1.82) is 0 Å². The quantitative estimate of drug-likeness (QED) is 0.260. The number of hydrogen-bond donors (Lipinski definition) is 0. The van der Waals surface area contributed by atoms with Gasteiger partial charge in [0.05, 0.1) is 7.11 Å². The monoisotopic (exact) mass is 357 g/mol. The van der Waals surface area contributed by atoms with Crippen molar-refractivity contribution in [2.75, 3.05) is 7.11 Å². The first kappa shape index (κ1) is 22.7. The number of hydrogen-bond acceptors (Lipinski definition) is 3. The van der Waals surface area contributed by atoms with Gasteiger partial charge in [-0.15, -0.1) is 10.9 Å². The predicted molar refractivity (Wildman–Crippen MR) is 102 cm³/mol. The first-order valence-corrected chi connectivity index (χ1v) is 8.13. The summed E-state index contributed by atoms with van der Waals surface area (Å²) in [5, 5.41) is 4.05. The Morgan fingerprint density at radius 1 is 1.22 bits per heavy atom. The van der Waals surface area contributed by atoms with Gasteiger partial charge in [0.25, 0.3) is 0 Å².